The van der Waals surface area contributed by atoms with Crippen molar-refractivity contribution in [3.8, 4) is 0 Å². The van der Waals surface area contributed by atoms with Gasteiger partial charge >= 0.3 is 0 Å². The molecule has 2 aliphatic rings. The molecule has 0 aromatic rings. The molecule has 0 aromatic carbocycles. The molecule has 5 unspecified atom stereocenters. The van der Waals surface area contributed by atoms with Gasteiger partial charge in [0.15, 0.2) is 6.29 Å². The molecule has 0 aromatic heterocycles. The highest BCUT2D eigenvalue weighted by Gasteiger charge is 2.49. The second-order valence-corrected chi connectivity index (χ2v) is 7.24. The van der Waals surface area contributed by atoms with E-state index in [2.05, 4.69) is 0 Å². The summed E-state index contributed by atoms with van der Waals surface area (Å²) in [6.07, 6.45) is -9.63. The van der Waals surface area contributed by atoms with Crippen LogP contribution in [0.2, 0.25) is 0 Å². The highest BCUT2D eigenvalue weighted by molar-refractivity contribution is 5.77. The summed E-state index contributed by atoms with van der Waals surface area (Å²) in [5.74, 6) is -0.613. The maximum Gasteiger partial charge on any atom is 0.176 e. The molecule has 12 N–H and O–H groups in total. The predicted octanol–water partition coefficient (Wildman–Crippen LogP) is -4.08. The van der Waals surface area contributed by atoms with Gasteiger partial charge < -0.3 is 52.2 Å². The number of amidine groups is 1. The summed E-state index contributed by atoms with van der Waals surface area (Å²) in [6, 6.07) is -1.85. The molecule has 11 heteroatoms. The summed E-state index contributed by atoms with van der Waals surface area (Å²) < 4.78 is 11.1. The zero-order chi connectivity index (χ0) is 19.8. The van der Waals surface area contributed by atoms with Gasteiger partial charge in [0.2, 0.25) is 0 Å². The van der Waals surface area contributed by atoms with Gasteiger partial charge in [0.25, 0.3) is 0 Å². The number of hydrogen-bond acceptors (Lipinski definition) is 10. The topological polar surface area (TPSA) is 222 Å². The van der Waals surface area contributed by atoms with Crippen molar-refractivity contribution in [2.24, 2.45) is 23.1 Å². The van der Waals surface area contributed by atoms with Crippen LogP contribution in [0.15, 0.2) is 0 Å². The minimum absolute atomic E-state index is 0.0904. The molecule has 2 rings (SSSR count). The minimum Gasteiger partial charge on any atom is -0.391 e. The lowest BCUT2D eigenvalue weighted by molar-refractivity contribution is -0.302. The first-order chi connectivity index (χ1) is 12.0. The Labute approximate surface area is 151 Å². The Kier molecular flexibility index (Phi) is 6.93. The molecule has 152 valence electrons. The second kappa shape index (κ2) is 8.42. The van der Waals surface area contributed by atoms with Gasteiger partial charge in [-0.1, -0.05) is 0 Å². The van der Waals surface area contributed by atoms with E-state index < -0.39 is 67.0 Å². The number of ether oxygens (including phenoxy) is 2. The Morgan fingerprint density at radius 3 is 2.31 bits per heavy atom. The van der Waals surface area contributed by atoms with E-state index in [-0.39, 0.29) is 18.7 Å². The van der Waals surface area contributed by atoms with Gasteiger partial charge in [-0.15, -0.1) is 0 Å². The Hall–Kier alpha value is -0.890. The summed E-state index contributed by atoms with van der Waals surface area (Å²) in [6.45, 7) is 1.38. The van der Waals surface area contributed by atoms with Crippen LogP contribution in [0.4, 0.5) is 0 Å². The zero-order valence-corrected chi connectivity index (χ0v) is 14.5. The van der Waals surface area contributed by atoms with Gasteiger partial charge in [-0.25, -0.2) is 0 Å². The Balaban J connectivity index is 2.10. The molecule has 1 aliphatic heterocycles. The van der Waals surface area contributed by atoms with Crippen LogP contribution in [-0.4, -0.2) is 92.5 Å². The van der Waals surface area contributed by atoms with E-state index in [0.29, 0.717) is 0 Å². The number of aliphatic hydroxyl groups is 5. The maximum atomic E-state index is 10.4. The van der Waals surface area contributed by atoms with Gasteiger partial charge in [0.05, 0.1) is 24.1 Å². The average Bonchev–Trinajstić information content (AvgIpc) is 2.55. The lowest BCUT2D eigenvalue weighted by Crippen LogP contribution is -2.66. The van der Waals surface area contributed by atoms with Gasteiger partial charge in [-0.2, -0.15) is 0 Å². The molecule has 11 nitrogen and oxygen atoms in total. The minimum atomic E-state index is -1.42. The Morgan fingerprint density at radius 2 is 1.77 bits per heavy atom. The molecule has 2 fully saturated rings. The van der Waals surface area contributed by atoms with Crippen molar-refractivity contribution >= 4 is 5.84 Å². The fourth-order valence-electron chi connectivity index (χ4n) is 3.60. The molecule has 11 atom stereocenters. The molecule has 26 heavy (non-hydrogen) atoms. The molecule has 0 spiro atoms. The predicted molar refractivity (Wildman–Crippen MR) is 89.8 cm³/mol. The molecular formula is C15H30N4O7. The summed E-state index contributed by atoms with van der Waals surface area (Å²) >= 11 is 0. The van der Waals surface area contributed by atoms with E-state index in [1.807, 2.05) is 0 Å². The fraction of sp³-hybridized carbons (Fsp3) is 0.933. The zero-order valence-electron chi connectivity index (χ0n) is 14.5. The van der Waals surface area contributed by atoms with Crippen LogP contribution in [0.25, 0.3) is 0 Å². The molecule has 1 aliphatic carbocycles. The standard InChI is InChI=1S/C15H30N4O7/c1-4(20)13-12(24)10(22)8(19)15(25-13)26-14-6(16)2-5(3-7(17)18)9(21)11(14)23/h4-6,8-15,20-24H,2-3,16,19H2,1H3,(H3,17,18)/t4-,5+,6?,8?,9?,10?,11-,12+,13?,14-,15-/m1/s1. The molecule has 0 bridgehead atoms. The normalized spacial score (nSPS) is 48.2. The lowest BCUT2D eigenvalue weighted by atomic mass is 9.78. The molecule has 1 heterocycles. The third-order valence-electron chi connectivity index (χ3n) is 5.10. The summed E-state index contributed by atoms with van der Waals surface area (Å²) in [5, 5.41) is 57.7. The summed E-state index contributed by atoms with van der Waals surface area (Å²) in [5.41, 5.74) is 17.2. The van der Waals surface area contributed by atoms with Crippen LogP contribution in [-0.2, 0) is 9.47 Å². The van der Waals surface area contributed by atoms with Gasteiger partial charge in [-0.3, -0.25) is 5.41 Å². The summed E-state index contributed by atoms with van der Waals surface area (Å²) in [4.78, 5) is 0. The van der Waals surface area contributed by atoms with Gasteiger partial charge in [-0.05, 0) is 19.3 Å². The van der Waals surface area contributed by atoms with Crippen molar-refractivity contribution in [1.82, 2.24) is 0 Å². The Bertz CT molecular complexity index is 497. The van der Waals surface area contributed by atoms with Crippen molar-refractivity contribution in [2.45, 2.75) is 80.9 Å². The first-order valence-corrected chi connectivity index (χ1v) is 8.59. The molecule has 0 radical (unpaired) electrons. The molecule has 0 amide bonds. The van der Waals surface area contributed by atoms with Crippen LogP contribution in [0, 0.1) is 11.3 Å². The Morgan fingerprint density at radius 1 is 1.15 bits per heavy atom. The smallest absolute Gasteiger partial charge is 0.176 e. The van der Waals surface area contributed by atoms with E-state index in [0.717, 1.165) is 0 Å². The monoisotopic (exact) mass is 378 g/mol. The average molecular weight is 378 g/mol. The quantitative estimate of drug-likeness (QED) is 0.166. The maximum absolute atomic E-state index is 10.4. The first kappa shape index (κ1) is 21.4. The number of rotatable bonds is 5. The van der Waals surface area contributed by atoms with E-state index in [9.17, 15) is 25.5 Å². The van der Waals surface area contributed by atoms with Crippen LogP contribution in [0.3, 0.4) is 0 Å². The summed E-state index contributed by atoms with van der Waals surface area (Å²) in [7, 11) is 0. The van der Waals surface area contributed by atoms with Crippen molar-refractivity contribution in [3.05, 3.63) is 0 Å². The highest BCUT2D eigenvalue weighted by Crippen LogP contribution is 2.32. The molecule has 1 saturated heterocycles. The van der Waals surface area contributed by atoms with Crippen molar-refractivity contribution < 1.29 is 35.0 Å². The van der Waals surface area contributed by atoms with E-state index in [4.69, 9.17) is 32.1 Å². The van der Waals surface area contributed by atoms with Gasteiger partial charge in [0, 0.05) is 12.5 Å². The first-order valence-electron chi connectivity index (χ1n) is 8.59. The molecule has 1 saturated carbocycles. The SMILES string of the molecule is C[C@@H](O)C1O[C@H](O[C@@H]2C(N)C[C@@H](CC(=N)N)C(O)[C@H]2O)C(N)C(O)[C@@H]1O. The second-order valence-electron chi connectivity index (χ2n) is 7.24. The van der Waals surface area contributed by atoms with E-state index >= 15 is 0 Å². The number of hydrogen-bond donors (Lipinski definition) is 9. The lowest BCUT2D eigenvalue weighted by Gasteiger charge is -2.46. The number of nitrogens with one attached hydrogen (secondary N) is 1. The van der Waals surface area contributed by atoms with Crippen molar-refractivity contribution in [3.63, 3.8) is 0 Å². The van der Waals surface area contributed by atoms with Crippen LogP contribution in [0.1, 0.15) is 19.8 Å². The van der Waals surface area contributed by atoms with Crippen LogP contribution >= 0.6 is 0 Å². The number of nitrogens with two attached hydrogens (primary N) is 3. The largest absolute Gasteiger partial charge is 0.391 e. The van der Waals surface area contributed by atoms with Crippen molar-refractivity contribution in [1.29, 1.82) is 5.41 Å². The molecular weight excluding hydrogens is 348 g/mol. The van der Waals surface area contributed by atoms with Crippen molar-refractivity contribution in [2.75, 3.05) is 0 Å². The van der Waals surface area contributed by atoms with E-state index in [1.165, 1.54) is 6.92 Å². The third kappa shape index (κ3) is 4.32. The fourth-order valence-corrected chi connectivity index (χ4v) is 3.60. The van der Waals surface area contributed by atoms with Crippen LogP contribution < -0.4 is 17.2 Å². The van der Waals surface area contributed by atoms with Crippen LogP contribution in [0.5, 0.6) is 0 Å². The van der Waals surface area contributed by atoms with E-state index in [1.54, 1.807) is 0 Å². The number of aliphatic hydroxyl groups excluding tert-OH is 5. The highest BCUT2D eigenvalue weighted by atomic mass is 16.7. The van der Waals surface area contributed by atoms with Gasteiger partial charge in [0.1, 0.15) is 30.5 Å². The third-order valence-corrected chi connectivity index (χ3v) is 5.10.